The van der Waals surface area contributed by atoms with E-state index in [0.29, 0.717) is 23.1 Å². The number of furan rings is 1. The first kappa shape index (κ1) is 21.7. The Labute approximate surface area is 180 Å². The van der Waals surface area contributed by atoms with E-state index in [0.717, 1.165) is 4.90 Å². The molecule has 0 saturated carbocycles. The molecule has 0 bridgehead atoms. The molecule has 2 heterocycles. The van der Waals surface area contributed by atoms with Crippen molar-refractivity contribution >= 4 is 52.5 Å². The van der Waals surface area contributed by atoms with Gasteiger partial charge in [-0.2, -0.15) is 0 Å². The lowest BCUT2D eigenvalue weighted by Gasteiger charge is -2.19. The van der Waals surface area contributed by atoms with Crippen LogP contribution in [0.4, 0.5) is 4.79 Å². The van der Waals surface area contributed by atoms with Crippen molar-refractivity contribution < 1.29 is 33.4 Å². The fourth-order valence-electron chi connectivity index (χ4n) is 2.74. The molecule has 156 valence electrons. The number of benzene rings is 1. The largest absolute Gasteiger partial charge is 0.478 e. The molecule has 1 fully saturated rings. The second-order valence-corrected chi connectivity index (χ2v) is 7.58. The van der Waals surface area contributed by atoms with Gasteiger partial charge in [-0.25, -0.2) is 9.59 Å². The third-order valence-electron chi connectivity index (χ3n) is 4.22. The summed E-state index contributed by atoms with van der Waals surface area (Å²) in [5.74, 6) is -1.81. The lowest BCUT2D eigenvalue weighted by molar-refractivity contribution is -0.150. The molecule has 1 aromatic heterocycles. The van der Waals surface area contributed by atoms with Crippen LogP contribution in [0.25, 0.3) is 17.4 Å². The van der Waals surface area contributed by atoms with Crippen molar-refractivity contribution in [3.63, 3.8) is 0 Å². The number of nitrogens with zero attached hydrogens (tertiary/aromatic N) is 1. The first-order valence-electron chi connectivity index (χ1n) is 8.79. The zero-order valence-electron chi connectivity index (χ0n) is 15.9. The zero-order valence-corrected chi connectivity index (χ0v) is 17.5. The number of thioether (sulfide) groups is 1. The molecule has 1 aromatic carbocycles. The number of hydrogen-bond donors (Lipinski definition) is 1. The molecule has 2 aromatic rings. The number of halogens is 1. The van der Waals surface area contributed by atoms with Crippen LogP contribution in [0.1, 0.15) is 30.0 Å². The Bertz CT molecular complexity index is 1070. The lowest BCUT2D eigenvalue weighted by Crippen LogP contribution is -2.42. The van der Waals surface area contributed by atoms with Gasteiger partial charge in [-0.1, -0.05) is 11.6 Å². The number of ether oxygens (including phenoxy) is 1. The number of aromatic carboxylic acids is 1. The summed E-state index contributed by atoms with van der Waals surface area (Å²) in [5.41, 5.74) is 0.418. The van der Waals surface area contributed by atoms with E-state index in [4.69, 9.17) is 20.8 Å². The number of hydrogen-bond acceptors (Lipinski definition) is 7. The Morgan fingerprint density at radius 1 is 1.30 bits per heavy atom. The van der Waals surface area contributed by atoms with Crippen LogP contribution in [-0.4, -0.2) is 45.7 Å². The van der Waals surface area contributed by atoms with E-state index >= 15 is 0 Å². The van der Waals surface area contributed by atoms with Gasteiger partial charge in [-0.3, -0.25) is 14.5 Å². The van der Waals surface area contributed by atoms with Crippen LogP contribution in [0.5, 0.6) is 0 Å². The minimum Gasteiger partial charge on any atom is -0.478 e. The summed E-state index contributed by atoms with van der Waals surface area (Å²) >= 11 is 6.57. The monoisotopic (exact) mass is 449 g/mol. The molecular formula is C20H16ClNO7S. The van der Waals surface area contributed by atoms with Gasteiger partial charge in [0.25, 0.3) is 11.1 Å². The Morgan fingerprint density at radius 2 is 2.03 bits per heavy atom. The van der Waals surface area contributed by atoms with Crippen molar-refractivity contribution in [3.8, 4) is 11.3 Å². The van der Waals surface area contributed by atoms with Gasteiger partial charge in [-0.05, 0) is 55.9 Å². The SMILES string of the molecule is CCOC(=O)[C@H](C)N1C(=O)S/C(=C\c2ccc(-c3ccc(Cl)c(C(=O)O)c3)o2)C1=O. The van der Waals surface area contributed by atoms with Gasteiger partial charge in [0.1, 0.15) is 17.6 Å². The van der Waals surface area contributed by atoms with Crippen molar-refractivity contribution in [1.29, 1.82) is 0 Å². The molecule has 30 heavy (non-hydrogen) atoms. The quantitative estimate of drug-likeness (QED) is 0.513. The number of imide groups is 1. The van der Waals surface area contributed by atoms with Crippen molar-refractivity contribution in [1.82, 2.24) is 4.90 Å². The average molecular weight is 450 g/mol. The zero-order chi connectivity index (χ0) is 22.0. The maximum absolute atomic E-state index is 12.6. The molecule has 3 rings (SSSR count). The number of rotatable bonds is 6. The fourth-order valence-corrected chi connectivity index (χ4v) is 3.83. The van der Waals surface area contributed by atoms with E-state index in [-0.39, 0.29) is 27.9 Å². The molecule has 0 unspecified atom stereocenters. The number of esters is 1. The Balaban J connectivity index is 1.84. The van der Waals surface area contributed by atoms with Gasteiger partial charge in [0.15, 0.2) is 0 Å². The van der Waals surface area contributed by atoms with Crippen LogP contribution in [0.15, 0.2) is 39.7 Å². The summed E-state index contributed by atoms with van der Waals surface area (Å²) in [5, 5.41) is 8.71. The van der Waals surface area contributed by atoms with Crippen LogP contribution in [0.3, 0.4) is 0 Å². The van der Waals surface area contributed by atoms with E-state index in [1.54, 1.807) is 25.1 Å². The first-order valence-corrected chi connectivity index (χ1v) is 9.99. The van der Waals surface area contributed by atoms with Crippen molar-refractivity contribution in [2.45, 2.75) is 19.9 Å². The number of amides is 2. The average Bonchev–Trinajstić information content (AvgIpc) is 3.26. The topological polar surface area (TPSA) is 114 Å². The first-order chi connectivity index (χ1) is 14.2. The maximum Gasteiger partial charge on any atom is 0.337 e. The second kappa shape index (κ2) is 8.76. The molecule has 0 spiro atoms. The predicted octanol–water partition coefficient (Wildman–Crippen LogP) is 4.29. The summed E-state index contributed by atoms with van der Waals surface area (Å²) in [6.07, 6.45) is 1.39. The predicted molar refractivity (Wildman–Crippen MR) is 110 cm³/mol. The molecule has 1 atom stereocenters. The molecule has 1 aliphatic rings. The van der Waals surface area contributed by atoms with Gasteiger partial charge >= 0.3 is 11.9 Å². The highest BCUT2D eigenvalue weighted by Crippen LogP contribution is 2.35. The summed E-state index contributed by atoms with van der Waals surface area (Å²) in [7, 11) is 0. The number of carbonyl (C=O) groups excluding carboxylic acids is 3. The Hall–Kier alpha value is -3.04. The summed E-state index contributed by atoms with van der Waals surface area (Å²) < 4.78 is 10.5. The minimum atomic E-state index is -1.17. The van der Waals surface area contributed by atoms with Gasteiger partial charge in [0.2, 0.25) is 0 Å². The molecule has 0 aliphatic carbocycles. The Kier molecular flexibility index (Phi) is 6.33. The highest BCUT2D eigenvalue weighted by atomic mass is 35.5. The Morgan fingerprint density at radius 3 is 2.70 bits per heavy atom. The summed E-state index contributed by atoms with van der Waals surface area (Å²) in [4.78, 5) is 48.9. The van der Waals surface area contributed by atoms with Crippen molar-refractivity contribution in [2.75, 3.05) is 6.61 Å². The number of carbonyl (C=O) groups is 4. The molecule has 8 nitrogen and oxygen atoms in total. The molecule has 1 saturated heterocycles. The third kappa shape index (κ3) is 4.27. The number of carboxylic acids is 1. The van der Waals surface area contributed by atoms with E-state index in [9.17, 15) is 24.3 Å². The van der Waals surface area contributed by atoms with E-state index in [2.05, 4.69) is 0 Å². The molecule has 1 aliphatic heterocycles. The van der Waals surface area contributed by atoms with E-state index < -0.39 is 29.1 Å². The normalized spacial score (nSPS) is 16.2. The highest BCUT2D eigenvalue weighted by molar-refractivity contribution is 8.18. The number of carboxylic acid groups (broad SMARTS) is 1. The molecule has 2 amide bonds. The maximum atomic E-state index is 12.6. The fraction of sp³-hybridized carbons (Fsp3) is 0.200. The van der Waals surface area contributed by atoms with E-state index in [1.807, 2.05) is 0 Å². The van der Waals surface area contributed by atoms with Gasteiger partial charge < -0.3 is 14.3 Å². The van der Waals surface area contributed by atoms with Crippen LogP contribution in [0.2, 0.25) is 5.02 Å². The smallest absolute Gasteiger partial charge is 0.337 e. The molecule has 10 heteroatoms. The minimum absolute atomic E-state index is 0.0683. The van der Waals surface area contributed by atoms with Crippen LogP contribution in [-0.2, 0) is 14.3 Å². The summed E-state index contributed by atoms with van der Waals surface area (Å²) in [6.45, 7) is 3.19. The summed E-state index contributed by atoms with van der Waals surface area (Å²) in [6, 6.07) is 6.57. The standard InChI is InChI=1S/C20H16ClNO7S/c1-3-28-19(26)10(2)22-17(23)16(30-20(22)27)9-12-5-7-15(29-12)11-4-6-14(21)13(8-11)18(24)25/h4-10H,3H2,1-2H3,(H,24,25)/b16-9-/t10-/m0/s1. The molecule has 0 radical (unpaired) electrons. The lowest BCUT2D eigenvalue weighted by atomic mass is 10.1. The van der Waals surface area contributed by atoms with Crippen LogP contribution < -0.4 is 0 Å². The van der Waals surface area contributed by atoms with Gasteiger partial charge in [0.05, 0.1) is 22.1 Å². The van der Waals surface area contributed by atoms with Crippen molar-refractivity contribution in [3.05, 3.63) is 51.6 Å². The van der Waals surface area contributed by atoms with Crippen LogP contribution in [0, 0.1) is 0 Å². The second-order valence-electron chi connectivity index (χ2n) is 6.18. The van der Waals surface area contributed by atoms with E-state index in [1.165, 1.54) is 25.1 Å². The molecule has 1 N–H and O–H groups in total. The molecular weight excluding hydrogens is 434 g/mol. The highest BCUT2D eigenvalue weighted by Gasteiger charge is 2.41. The van der Waals surface area contributed by atoms with Crippen molar-refractivity contribution in [2.24, 2.45) is 0 Å². The third-order valence-corrected chi connectivity index (χ3v) is 5.43. The van der Waals surface area contributed by atoms with Gasteiger partial charge in [0, 0.05) is 11.6 Å². The van der Waals surface area contributed by atoms with Crippen LogP contribution >= 0.6 is 23.4 Å². The van der Waals surface area contributed by atoms with Gasteiger partial charge in [-0.15, -0.1) is 0 Å².